The zero-order valence-electron chi connectivity index (χ0n) is 16.6. The lowest BCUT2D eigenvalue weighted by Gasteiger charge is -2.29. The molecule has 1 aromatic rings. The highest BCUT2D eigenvalue weighted by molar-refractivity contribution is 5.58. The Labute approximate surface area is 159 Å². The van der Waals surface area contributed by atoms with Crippen LogP contribution in [0.1, 0.15) is 71.3 Å². The van der Waals surface area contributed by atoms with Gasteiger partial charge in [-0.3, -0.25) is 0 Å². The summed E-state index contributed by atoms with van der Waals surface area (Å²) in [5, 5.41) is 9.91. The van der Waals surface area contributed by atoms with Gasteiger partial charge in [0.2, 0.25) is 0 Å². The molecule has 0 aliphatic heterocycles. The summed E-state index contributed by atoms with van der Waals surface area (Å²) in [6.07, 6.45) is 13.9. The van der Waals surface area contributed by atoms with Crippen LogP contribution in [0.2, 0.25) is 0 Å². The average Bonchev–Trinajstić information content (AvgIpc) is 3.05. The molecule has 0 radical (unpaired) electrons. The zero-order valence-corrected chi connectivity index (χ0v) is 16.6. The van der Waals surface area contributed by atoms with E-state index in [0.717, 1.165) is 23.3 Å². The van der Waals surface area contributed by atoms with Gasteiger partial charge in [-0.25, -0.2) is 0 Å². The average molecular weight is 355 g/mol. The predicted molar refractivity (Wildman–Crippen MR) is 109 cm³/mol. The largest absolute Gasteiger partial charge is 0.504 e. The van der Waals surface area contributed by atoms with Crippen LogP contribution in [0.25, 0.3) is 6.08 Å². The molecule has 1 fully saturated rings. The number of hydrogen-bond acceptors (Lipinski definition) is 2. The van der Waals surface area contributed by atoms with Crippen molar-refractivity contribution >= 4 is 6.08 Å². The lowest BCUT2D eigenvalue weighted by molar-refractivity contribution is 0.282. The smallest absolute Gasteiger partial charge is 0.161 e. The Bertz CT molecular complexity index is 671. The maximum atomic E-state index is 9.91. The van der Waals surface area contributed by atoms with Crippen LogP contribution >= 0.6 is 0 Å². The van der Waals surface area contributed by atoms with E-state index in [1.165, 1.54) is 44.9 Å². The van der Waals surface area contributed by atoms with E-state index >= 15 is 0 Å². The highest BCUT2D eigenvalue weighted by atomic mass is 16.5. The van der Waals surface area contributed by atoms with Crippen molar-refractivity contribution < 1.29 is 9.84 Å². The van der Waals surface area contributed by atoms with Crippen LogP contribution < -0.4 is 4.74 Å². The van der Waals surface area contributed by atoms with Crippen LogP contribution in [0.15, 0.2) is 35.4 Å². The number of phenols is 1. The number of hydrogen-bond donors (Lipinski definition) is 1. The molecule has 2 heteroatoms. The van der Waals surface area contributed by atoms with Crippen LogP contribution in [-0.2, 0) is 0 Å². The fraction of sp³-hybridized carbons (Fsp3) is 0.583. The van der Waals surface area contributed by atoms with Crippen molar-refractivity contribution in [2.24, 2.45) is 17.8 Å². The molecule has 3 atom stereocenters. The van der Waals surface area contributed by atoms with Crippen molar-refractivity contribution in [3.63, 3.8) is 0 Å². The van der Waals surface area contributed by atoms with Crippen molar-refractivity contribution in [2.45, 2.75) is 65.7 Å². The summed E-state index contributed by atoms with van der Waals surface area (Å²) in [6, 6.07) is 5.72. The molecule has 0 aromatic heterocycles. The molecule has 3 rings (SSSR count). The van der Waals surface area contributed by atoms with E-state index in [2.05, 4.69) is 26.0 Å². The first kappa shape index (κ1) is 19.1. The van der Waals surface area contributed by atoms with Crippen LogP contribution in [0.3, 0.4) is 0 Å². The van der Waals surface area contributed by atoms with Gasteiger partial charge in [-0.15, -0.1) is 0 Å². The monoisotopic (exact) mass is 354 g/mol. The Morgan fingerprint density at radius 2 is 2.12 bits per heavy atom. The Morgan fingerprint density at radius 1 is 1.27 bits per heavy atom. The summed E-state index contributed by atoms with van der Waals surface area (Å²) in [7, 11) is 0. The maximum Gasteiger partial charge on any atom is 0.161 e. The highest BCUT2D eigenvalue weighted by Crippen LogP contribution is 2.41. The highest BCUT2D eigenvalue weighted by Gasteiger charge is 2.27. The Morgan fingerprint density at radius 3 is 2.85 bits per heavy atom. The Hall–Kier alpha value is -1.70. The number of rotatable bonds is 6. The number of allylic oxidation sites excluding steroid dienone is 3. The Kier molecular flexibility index (Phi) is 6.45. The van der Waals surface area contributed by atoms with E-state index in [4.69, 9.17) is 4.74 Å². The van der Waals surface area contributed by atoms with Gasteiger partial charge in [-0.1, -0.05) is 36.3 Å². The second-order valence-corrected chi connectivity index (χ2v) is 8.27. The molecule has 3 unspecified atom stereocenters. The fourth-order valence-electron chi connectivity index (χ4n) is 4.65. The summed E-state index contributed by atoms with van der Waals surface area (Å²) >= 11 is 0. The minimum absolute atomic E-state index is 0.228. The van der Waals surface area contributed by atoms with Crippen molar-refractivity contribution in [2.75, 3.05) is 6.61 Å². The second kappa shape index (κ2) is 8.79. The third-order valence-electron chi connectivity index (χ3n) is 6.32. The summed E-state index contributed by atoms with van der Waals surface area (Å²) < 4.78 is 5.54. The quantitative estimate of drug-likeness (QED) is 0.573. The van der Waals surface area contributed by atoms with E-state index in [0.29, 0.717) is 12.4 Å². The summed E-state index contributed by atoms with van der Waals surface area (Å²) in [5.41, 5.74) is 4.32. The topological polar surface area (TPSA) is 29.5 Å². The molecule has 1 N–H and O–H groups in total. The van der Waals surface area contributed by atoms with Crippen LogP contribution in [0, 0.1) is 17.8 Å². The van der Waals surface area contributed by atoms with Gasteiger partial charge >= 0.3 is 0 Å². The van der Waals surface area contributed by atoms with Gasteiger partial charge in [0.05, 0.1) is 6.61 Å². The molecule has 2 nitrogen and oxygen atoms in total. The van der Waals surface area contributed by atoms with Gasteiger partial charge in [-0.2, -0.15) is 0 Å². The summed E-state index contributed by atoms with van der Waals surface area (Å²) in [6.45, 7) is 7.25. The predicted octanol–water partition coefficient (Wildman–Crippen LogP) is 6.75. The summed E-state index contributed by atoms with van der Waals surface area (Å²) in [4.78, 5) is 0. The molecular weight excluding hydrogens is 320 g/mol. The molecule has 0 heterocycles. The molecule has 0 spiro atoms. The molecule has 2 aliphatic carbocycles. The number of benzene rings is 1. The van der Waals surface area contributed by atoms with Crippen molar-refractivity contribution in [3.8, 4) is 11.5 Å². The molecule has 0 bridgehead atoms. The summed E-state index contributed by atoms with van der Waals surface area (Å²) in [5.74, 6) is 3.20. The van der Waals surface area contributed by atoms with Crippen LogP contribution in [0.4, 0.5) is 0 Å². The molecule has 142 valence electrons. The molecule has 26 heavy (non-hydrogen) atoms. The normalized spacial score (nSPS) is 26.0. The van der Waals surface area contributed by atoms with Crippen molar-refractivity contribution in [1.82, 2.24) is 0 Å². The first-order valence-corrected chi connectivity index (χ1v) is 10.4. The molecule has 0 saturated heterocycles. The fourth-order valence-corrected chi connectivity index (χ4v) is 4.65. The maximum absolute atomic E-state index is 9.91. The van der Waals surface area contributed by atoms with E-state index in [1.54, 1.807) is 17.2 Å². The van der Waals surface area contributed by atoms with Gasteiger partial charge in [0.1, 0.15) is 0 Å². The van der Waals surface area contributed by atoms with Gasteiger partial charge in [0.15, 0.2) is 11.5 Å². The third kappa shape index (κ3) is 4.72. The number of phenolic OH excluding ortho intramolecular Hbond substituents is 1. The second-order valence-electron chi connectivity index (χ2n) is 8.27. The van der Waals surface area contributed by atoms with Crippen molar-refractivity contribution in [1.29, 1.82) is 0 Å². The first-order chi connectivity index (χ1) is 12.6. The molecular formula is C24H34O2. The SMILES string of the molecule is CCOc1cc(/C=C2\CCCC2CC(C)C2CC=C(C)CC2)ccc1O. The van der Waals surface area contributed by atoms with Crippen molar-refractivity contribution in [3.05, 3.63) is 41.0 Å². The van der Waals surface area contributed by atoms with E-state index < -0.39 is 0 Å². The first-order valence-electron chi connectivity index (χ1n) is 10.4. The number of ether oxygens (including phenoxy) is 1. The molecule has 1 aromatic carbocycles. The molecule has 1 saturated carbocycles. The zero-order chi connectivity index (χ0) is 18.5. The molecule has 2 aliphatic rings. The van der Waals surface area contributed by atoms with E-state index in [-0.39, 0.29) is 5.75 Å². The van der Waals surface area contributed by atoms with Gasteiger partial charge < -0.3 is 9.84 Å². The number of aromatic hydroxyl groups is 1. The third-order valence-corrected chi connectivity index (χ3v) is 6.32. The lowest BCUT2D eigenvalue weighted by Crippen LogP contribution is -2.17. The Balaban J connectivity index is 1.68. The minimum atomic E-state index is 0.228. The minimum Gasteiger partial charge on any atom is -0.504 e. The standard InChI is InChI=1S/C24H34O2/c1-4-26-24-16-19(10-13-23(24)25)15-22-7-5-6-21(22)14-18(3)20-11-8-17(2)9-12-20/h8,10,13,15-16,18,20-21,25H,4-7,9,11-12,14H2,1-3H3/b22-15+. The van der Waals surface area contributed by atoms with Gasteiger partial charge in [0.25, 0.3) is 0 Å². The van der Waals surface area contributed by atoms with E-state index in [1.807, 2.05) is 19.1 Å². The van der Waals surface area contributed by atoms with Crippen LogP contribution in [-0.4, -0.2) is 11.7 Å². The lowest BCUT2D eigenvalue weighted by atomic mass is 9.77. The van der Waals surface area contributed by atoms with Gasteiger partial charge in [-0.05, 0) is 94.2 Å². The van der Waals surface area contributed by atoms with Crippen LogP contribution in [0.5, 0.6) is 11.5 Å². The van der Waals surface area contributed by atoms with Gasteiger partial charge in [0, 0.05) is 0 Å². The van der Waals surface area contributed by atoms with E-state index in [9.17, 15) is 5.11 Å². The molecule has 0 amide bonds.